The Morgan fingerprint density at radius 2 is 2.08 bits per heavy atom. The van der Waals surface area contributed by atoms with Gasteiger partial charge in [-0.1, -0.05) is 24.1 Å². The molecule has 0 radical (unpaired) electrons. The lowest BCUT2D eigenvalue weighted by molar-refractivity contribution is -0.122. The molecular weight excluding hydrogens is 326 g/mol. The van der Waals surface area contributed by atoms with E-state index in [4.69, 9.17) is 12.2 Å². The summed E-state index contributed by atoms with van der Waals surface area (Å²) in [6, 6.07) is 7.45. The van der Waals surface area contributed by atoms with Crippen LogP contribution in [0.3, 0.4) is 0 Å². The number of amides is 3. The van der Waals surface area contributed by atoms with Gasteiger partial charge in [0.1, 0.15) is 6.54 Å². The van der Waals surface area contributed by atoms with Crippen LogP contribution in [0.4, 0.5) is 4.79 Å². The molecule has 0 atom stereocenters. The highest BCUT2D eigenvalue weighted by Crippen LogP contribution is 2.33. The fourth-order valence-corrected chi connectivity index (χ4v) is 3.39. The lowest BCUT2D eigenvalue weighted by Crippen LogP contribution is -2.28. The maximum atomic E-state index is 12.3. The Bertz CT molecular complexity index is 936. The van der Waals surface area contributed by atoms with E-state index < -0.39 is 11.8 Å². The molecular formula is C17H13N3O3S. The van der Waals surface area contributed by atoms with Crippen LogP contribution < -0.4 is 5.73 Å². The number of thioether (sulfide) groups is 1. The van der Waals surface area contributed by atoms with Gasteiger partial charge in [-0.25, -0.2) is 0 Å². The van der Waals surface area contributed by atoms with Crippen LogP contribution in [0.15, 0.2) is 35.4 Å². The second-order valence-electron chi connectivity index (χ2n) is 5.17. The first-order chi connectivity index (χ1) is 11.5. The Labute approximate surface area is 142 Å². The summed E-state index contributed by atoms with van der Waals surface area (Å²) >= 11 is 0.850. The molecule has 0 saturated carbocycles. The molecule has 1 fully saturated rings. The van der Waals surface area contributed by atoms with Crippen molar-refractivity contribution < 1.29 is 14.4 Å². The zero-order valence-corrected chi connectivity index (χ0v) is 13.4. The van der Waals surface area contributed by atoms with Gasteiger partial charge in [-0.2, -0.15) is 0 Å². The summed E-state index contributed by atoms with van der Waals surface area (Å²) in [5.74, 6) is 1.43. The first kappa shape index (κ1) is 15.9. The van der Waals surface area contributed by atoms with Crippen LogP contribution in [0, 0.1) is 12.3 Å². The predicted molar refractivity (Wildman–Crippen MR) is 92.6 cm³/mol. The normalized spacial score (nSPS) is 16.1. The molecule has 7 heteroatoms. The van der Waals surface area contributed by atoms with Crippen molar-refractivity contribution in [2.45, 2.75) is 6.54 Å². The maximum Gasteiger partial charge on any atom is 0.294 e. The summed E-state index contributed by atoms with van der Waals surface area (Å²) in [7, 11) is 0. The molecule has 3 amide bonds. The third kappa shape index (κ3) is 2.79. The smallest absolute Gasteiger partial charge is 0.294 e. The van der Waals surface area contributed by atoms with Crippen LogP contribution in [-0.4, -0.2) is 33.1 Å². The van der Waals surface area contributed by atoms with Gasteiger partial charge in [-0.05, 0) is 23.9 Å². The molecule has 1 aliphatic rings. The van der Waals surface area contributed by atoms with Gasteiger partial charge >= 0.3 is 0 Å². The molecule has 24 heavy (non-hydrogen) atoms. The fraction of sp³-hybridized carbons (Fsp3) is 0.118. The predicted octanol–water partition coefficient (Wildman–Crippen LogP) is 1.80. The third-order valence-electron chi connectivity index (χ3n) is 3.56. The van der Waals surface area contributed by atoms with Gasteiger partial charge in [0.05, 0.1) is 11.4 Å². The van der Waals surface area contributed by atoms with Crippen molar-refractivity contribution in [3.05, 3.63) is 40.9 Å². The molecule has 0 spiro atoms. The Morgan fingerprint density at radius 1 is 1.33 bits per heavy atom. The first-order valence-corrected chi connectivity index (χ1v) is 7.88. The highest BCUT2D eigenvalue weighted by Gasteiger charge is 2.34. The Balaban J connectivity index is 2.05. The lowest BCUT2D eigenvalue weighted by atomic mass is 10.1. The average molecular weight is 339 g/mol. The van der Waals surface area contributed by atoms with E-state index in [-0.39, 0.29) is 18.3 Å². The van der Waals surface area contributed by atoms with Crippen molar-refractivity contribution in [1.29, 1.82) is 0 Å². The number of hydrogen-bond donors (Lipinski definition) is 1. The Morgan fingerprint density at radius 3 is 2.79 bits per heavy atom. The van der Waals surface area contributed by atoms with Gasteiger partial charge < -0.3 is 10.3 Å². The van der Waals surface area contributed by atoms with E-state index in [1.54, 1.807) is 16.8 Å². The summed E-state index contributed by atoms with van der Waals surface area (Å²) in [5.41, 5.74) is 6.84. The number of terminal acetylenes is 1. The largest absolute Gasteiger partial charge is 0.368 e. The summed E-state index contributed by atoms with van der Waals surface area (Å²) in [6.45, 7) is -0.0155. The molecule has 1 aliphatic heterocycles. The van der Waals surface area contributed by atoms with E-state index in [0.29, 0.717) is 4.91 Å². The minimum Gasteiger partial charge on any atom is -0.368 e. The standard InChI is InChI=1S/C17H13N3O3S/c1-2-7-20-16(22)14(24-17(20)23)8-11-9-19(10-15(18)21)13-6-4-3-5-12(11)13/h1,3-6,8-9H,7,10H2,(H2,18,21)/b14-8-. The number of carbonyl (C=O) groups is 3. The molecule has 2 N–H and O–H groups in total. The number of hydrogen-bond acceptors (Lipinski definition) is 4. The van der Waals surface area contributed by atoms with Crippen molar-refractivity contribution in [1.82, 2.24) is 9.47 Å². The summed E-state index contributed by atoms with van der Waals surface area (Å²) in [6.07, 6.45) is 8.56. The van der Waals surface area contributed by atoms with Gasteiger partial charge in [0.2, 0.25) is 5.91 Å². The molecule has 120 valence electrons. The number of nitrogens with zero attached hydrogens (tertiary/aromatic N) is 2. The average Bonchev–Trinajstić information content (AvgIpc) is 3.01. The lowest BCUT2D eigenvalue weighted by Gasteiger charge is -2.06. The van der Waals surface area contributed by atoms with E-state index in [2.05, 4.69) is 5.92 Å². The summed E-state index contributed by atoms with van der Waals surface area (Å²) in [4.78, 5) is 36.7. The molecule has 2 heterocycles. The third-order valence-corrected chi connectivity index (χ3v) is 4.46. The van der Waals surface area contributed by atoms with E-state index in [0.717, 1.165) is 33.1 Å². The minimum absolute atomic E-state index is 0.0346. The van der Waals surface area contributed by atoms with Crippen LogP contribution in [0.2, 0.25) is 0 Å². The molecule has 1 aromatic heterocycles. The topological polar surface area (TPSA) is 85.4 Å². The van der Waals surface area contributed by atoms with Crippen LogP contribution in [-0.2, 0) is 16.1 Å². The zero-order valence-electron chi connectivity index (χ0n) is 12.6. The quantitative estimate of drug-likeness (QED) is 0.680. The Hall–Kier alpha value is -2.98. The van der Waals surface area contributed by atoms with E-state index in [1.165, 1.54) is 0 Å². The van der Waals surface area contributed by atoms with Crippen molar-refractivity contribution in [3.8, 4) is 12.3 Å². The number of aromatic nitrogens is 1. The first-order valence-electron chi connectivity index (χ1n) is 7.06. The number of primary amides is 1. The van der Waals surface area contributed by atoms with E-state index in [9.17, 15) is 14.4 Å². The molecule has 0 aliphatic carbocycles. The highest BCUT2D eigenvalue weighted by atomic mass is 32.2. The van der Waals surface area contributed by atoms with Gasteiger partial charge in [0.15, 0.2) is 0 Å². The summed E-state index contributed by atoms with van der Waals surface area (Å²) < 4.78 is 1.72. The summed E-state index contributed by atoms with van der Waals surface area (Å²) in [5, 5.41) is 0.479. The second-order valence-corrected chi connectivity index (χ2v) is 6.16. The molecule has 0 unspecified atom stereocenters. The van der Waals surface area contributed by atoms with Crippen molar-refractivity contribution in [2.75, 3.05) is 6.54 Å². The van der Waals surface area contributed by atoms with Gasteiger partial charge in [-0.15, -0.1) is 6.42 Å². The van der Waals surface area contributed by atoms with Crippen LogP contribution in [0.5, 0.6) is 0 Å². The number of fused-ring (bicyclic) bond motifs is 1. The number of carbonyl (C=O) groups excluding carboxylic acids is 3. The molecule has 2 aromatic rings. The van der Waals surface area contributed by atoms with Gasteiger partial charge in [0, 0.05) is 22.7 Å². The Kier molecular flexibility index (Phi) is 4.15. The van der Waals surface area contributed by atoms with Gasteiger partial charge in [0.25, 0.3) is 11.1 Å². The number of nitrogens with two attached hydrogens (primary N) is 1. The van der Waals surface area contributed by atoms with E-state index in [1.807, 2.05) is 24.3 Å². The maximum absolute atomic E-state index is 12.3. The monoisotopic (exact) mass is 339 g/mol. The van der Waals surface area contributed by atoms with Crippen LogP contribution in [0.1, 0.15) is 5.56 Å². The number of para-hydroxylation sites is 1. The number of benzene rings is 1. The number of imide groups is 1. The highest BCUT2D eigenvalue weighted by molar-refractivity contribution is 8.18. The minimum atomic E-state index is -0.461. The molecule has 1 aromatic carbocycles. The number of rotatable bonds is 4. The van der Waals surface area contributed by atoms with Gasteiger partial charge in [-0.3, -0.25) is 19.3 Å². The molecule has 3 rings (SSSR count). The SMILES string of the molecule is C#CCN1C(=O)S/C(=C\c2cn(CC(N)=O)c3ccccc23)C1=O. The van der Waals surface area contributed by atoms with Crippen molar-refractivity contribution in [2.24, 2.45) is 5.73 Å². The van der Waals surface area contributed by atoms with Crippen LogP contribution in [0.25, 0.3) is 17.0 Å². The zero-order chi connectivity index (χ0) is 17.3. The molecule has 1 saturated heterocycles. The molecule has 6 nitrogen and oxygen atoms in total. The fourth-order valence-electron chi connectivity index (χ4n) is 2.56. The second kappa shape index (κ2) is 6.26. The van der Waals surface area contributed by atoms with Crippen molar-refractivity contribution in [3.63, 3.8) is 0 Å². The van der Waals surface area contributed by atoms with Crippen LogP contribution >= 0.6 is 11.8 Å². The van der Waals surface area contributed by atoms with E-state index >= 15 is 0 Å². The molecule has 0 bridgehead atoms. The van der Waals surface area contributed by atoms with Crippen molar-refractivity contribution >= 4 is 45.8 Å².